The predicted molar refractivity (Wildman–Crippen MR) is 119 cm³/mol. The monoisotopic (exact) mass is 425 g/mol. The molecule has 0 radical (unpaired) electrons. The Kier molecular flexibility index (Phi) is 5.90. The van der Waals surface area contributed by atoms with Crippen molar-refractivity contribution in [2.75, 3.05) is 14.2 Å². The van der Waals surface area contributed by atoms with Crippen molar-refractivity contribution < 1.29 is 9.53 Å². The van der Waals surface area contributed by atoms with Gasteiger partial charge in [-0.2, -0.15) is 0 Å². The Balaban J connectivity index is 1.50. The second-order valence-electron chi connectivity index (χ2n) is 7.81. The number of hydrogen-bond acceptors (Lipinski definition) is 5. The maximum absolute atomic E-state index is 13.1. The number of amides is 1. The van der Waals surface area contributed by atoms with Crippen LogP contribution in [0.2, 0.25) is 0 Å². The summed E-state index contributed by atoms with van der Waals surface area (Å²) in [5.41, 5.74) is 2.12. The van der Waals surface area contributed by atoms with E-state index in [0.29, 0.717) is 6.54 Å². The van der Waals surface area contributed by atoms with Gasteiger partial charge in [-0.3, -0.25) is 14.2 Å². The maximum Gasteiger partial charge on any atom is 0.262 e. The molecule has 0 saturated heterocycles. The van der Waals surface area contributed by atoms with Gasteiger partial charge in [0.15, 0.2) is 0 Å². The molecule has 0 fully saturated rings. The average Bonchev–Trinajstić information content (AvgIpc) is 3.16. The molecule has 0 saturated carbocycles. The van der Waals surface area contributed by atoms with Crippen molar-refractivity contribution in [1.82, 2.24) is 14.5 Å². The summed E-state index contributed by atoms with van der Waals surface area (Å²) in [5.74, 6) is 0.741. The molecule has 1 unspecified atom stereocenters. The van der Waals surface area contributed by atoms with E-state index in [1.165, 1.54) is 16.9 Å². The highest BCUT2D eigenvalue weighted by Gasteiger charge is 2.22. The number of aromatic nitrogens is 2. The third-order valence-corrected chi connectivity index (χ3v) is 7.27. The van der Waals surface area contributed by atoms with Crippen molar-refractivity contribution in [2.45, 2.75) is 51.6 Å². The fourth-order valence-corrected chi connectivity index (χ4v) is 5.39. The molecule has 1 aliphatic carbocycles. The third kappa shape index (κ3) is 3.74. The van der Waals surface area contributed by atoms with E-state index in [-0.39, 0.29) is 23.9 Å². The first-order valence-corrected chi connectivity index (χ1v) is 11.2. The number of benzene rings is 1. The second-order valence-corrected chi connectivity index (χ2v) is 8.89. The van der Waals surface area contributed by atoms with Gasteiger partial charge < -0.3 is 9.64 Å². The molecule has 4 rings (SSSR count). The number of hydrogen-bond donors (Lipinski definition) is 0. The number of thiophene rings is 1. The number of fused-ring (bicyclic) bond motifs is 3. The van der Waals surface area contributed by atoms with Gasteiger partial charge in [-0.15, -0.1) is 11.3 Å². The van der Waals surface area contributed by atoms with Crippen LogP contribution < -0.4 is 10.3 Å². The molecule has 2 aromatic heterocycles. The van der Waals surface area contributed by atoms with Crippen LogP contribution in [0, 0.1) is 0 Å². The first-order valence-electron chi connectivity index (χ1n) is 10.4. The Morgan fingerprint density at radius 1 is 1.30 bits per heavy atom. The maximum atomic E-state index is 13.1. The Morgan fingerprint density at radius 3 is 2.87 bits per heavy atom. The number of methoxy groups -OCH3 is 1. The van der Waals surface area contributed by atoms with Crippen molar-refractivity contribution in [3.63, 3.8) is 0 Å². The highest BCUT2D eigenvalue weighted by atomic mass is 32.1. The van der Waals surface area contributed by atoms with Gasteiger partial charge in [-0.1, -0.05) is 18.2 Å². The number of carbonyl (C=O) groups is 1. The van der Waals surface area contributed by atoms with Crippen LogP contribution in [-0.4, -0.2) is 34.5 Å². The fraction of sp³-hybridized carbons (Fsp3) is 0.435. The molecule has 0 spiro atoms. The number of para-hydroxylation sites is 1. The van der Waals surface area contributed by atoms with Gasteiger partial charge in [0.2, 0.25) is 5.91 Å². The molecule has 0 bridgehead atoms. The molecule has 30 heavy (non-hydrogen) atoms. The number of rotatable bonds is 6. The lowest BCUT2D eigenvalue weighted by atomic mass is 9.97. The minimum Gasteiger partial charge on any atom is -0.496 e. The lowest BCUT2D eigenvalue weighted by molar-refractivity contribution is -0.132. The van der Waals surface area contributed by atoms with E-state index in [9.17, 15) is 9.59 Å². The summed E-state index contributed by atoms with van der Waals surface area (Å²) >= 11 is 1.65. The highest BCUT2D eigenvalue weighted by molar-refractivity contribution is 7.18. The van der Waals surface area contributed by atoms with E-state index in [1.807, 2.05) is 31.2 Å². The topological polar surface area (TPSA) is 64.4 Å². The lowest BCUT2D eigenvalue weighted by Crippen LogP contribution is -2.32. The van der Waals surface area contributed by atoms with Crippen LogP contribution in [0.5, 0.6) is 5.75 Å². The van der Waals surface area contributed by atoms with Crippen LogP contribution in [0.15, 0.2) is 35.4 Å². The largest absolute Gasteiger partial charge is 0.496 e. The van der Waals surface area contributed by atoms with Crippen LogP contribution in [0.4, 0.5) is 0 Å². The van der Waals surface area contributed by atoms with Crippen LogP contribution in [0.25, 0.3) is 10.2 Å². The smallest absolute Gasteiger partial charge is 0.262 e. The lowest BCUT2D eigenvalue weighted by Gasteiger charge is -2.26. The molecule has 0 aliphatic heterocycles. The Morgan fingerprint density at radius 2 is 2.07 bits per heavy atom. The number of ether oxygens (including phenoxy) is 1. The SMILES string of the molecule is COc1ccccc1C(C)N(C)C(=O)CCn1cnc2sc3c(c2c1=O)CCCC3. The van der Waals surface area contributed by atoms with Gasteiger partial charge in [-0.05, 0) is 44.2 Å². The summed E-state index contributed by atoms with van der Waals surface area (Å²) in [6.07, 6.45) is 6.13. The highest BCUT2D eigenvalue weighted by Crippen LogP contribution is 2.33. The molecule has 0 N–H and O–H groups in total. The number of carbonyl (C=O) groups excluding carboxylic acids is 1. The van der Waals surface area contributed by atoms with Gasteiger partial charge >= 0.3 is 0 Å². The van der Waals surface area contributed by atoms with E-state index >= 15 is 0 Å². The molecule has 1 atom stereocenters. The van der Waals surface area contributed by atoms with Gasteiger partial charge in [0.05, 0.1) is 24.9 Å². The van der Waals surface area contributed by atoms with Crippen molar-refractivity contribution in [3.05, 3.63) is 57.0 Å². The Hall–Kier alpha value is -2.67. The fourth-order valence-electron chi connectivity index (χ4n) is 4.17. The van der Waals surface area contributed by atoms with Crippen LogP contribution in [0.1, 0.15) is 48.2 Å². The first-order chi connectivity index (χ1) is 14.5. The van der Waals surface area contributed by atoms with Crippen molar-refractivity contribution >= 4 is 27.5 Å². The molecular formula is C23H27N3O3S. The van der Waals surface area contributed by atoms with E-state index < -0.39 is 0 Å². The summed E-state index contributed by atoms with van der Waals surface area (Å²) in [7, 11) is 3.42. The molecule has 1 aromatic carbocycles. The zero-order valence-corrected chi connectivity index (χ0v) is 18.5. The standard InChI is InChI=1S/C23H27N3O3S/c1-15(16-8-4-6-10-18(16)29-3)25(2)20(27)12-13-26-14-24-22-21(23(26)28)17-9-5-7-11-19(17)30-22/h4,6,8,10,14-15H,5,7,9,11-13H2,1-3H3. The quantitative estimate of drug-likeness (QED) is 0.600. The zero-order valence-electron chi connectivity index (χ0n) is 17.7. The minimum absolute atomic E-state index is 0.0206. The van der Waals surface area contributed by atoms with Crippen LogP contribution in [-0.2, 0) is 24.2 Å². The third-order valence-electron chi connectivity index (χ3n) is 6.07. The zero-order chi connectivity index (χ0) is 21.3. The number of nitrogens with zero attached hydrogens (tertiary/aromatic N) is 3. The van der Waals surface area contributed by atoms with Crippen molar-refractivity contribution in [3.8, 4) is 5.75 Å². The summed E-state index contributed by atoms with van der Waals surface area (Å²) < 4.78 is 7.02. The summed E-state index contributed by atoms with van der Waals surface area (Å²) in [4.78, 5) is 34.3. The molecule has 158 valence electrons. The summed E-state index contributed by atoms with van der Waals surface area (Å²) in [6, 6.07) is 7.58. The van der Waals surface area contributed by atoms with Crippen LogP contribution in [0.3, 0.4) is 0 Å². The predicted octanol–water partition coefficient (Wildman–Crippen LogP) is 3.96. The van der Waals surface area contributed by atoms with E-state index in [4.69, 9.17) is 4.74 Å². The Bertz CT molecular complexity index is 1130. The molecular weight excluding hydrogens is 398 g/mol. The Labute approximate surface area is 180 Å². The molecule has 2 heterocycles. The van der Waals surface area contributed by atoms with Gasteiger partial charge in [0.25, 0.3) is 5.56 Å². The van der Waals surface area contributed by atoms with Gasteiger partial charge in [-0.25, -0.2) is 4.98 Å². The molecule has 7 heteroatoms. The summed E-state index contributed by atoms with van der Waals surface area (Å²) in [5, 5.41) is 0.764. The number of aryl methyl sites for hydroxylation is 3. The molecule has 6 nitrogen and oxygen atoms in total. The first kappa shape index (κ1) is 20.6. The van der Waals surface area contributed by atoms with E-state index in [1.54, 1.807) is 41.3 Å². The second kappa shape index (κ2) is 8.60. The van der Waals surface area contributed by atoms with Gasteiger partial charge in [0.1, 0.15) is 10.6 Å². The summed E-state index contributed by atoms with van der Waals surface area (Å²) in [6.45, 7) is 2.31. The van der Waals surface area contributed by atoms with E-state index in [2.05, 4.69) is 4.98 Å². The normalized spacial score (nSPS) is 14.4. The van der Waals surface area contributed by atoms with Crippen molar-refractivity contribution in [1.29, 1.82) is 0 Å². The molecule has 1 amide bonds. The van der Waals surface area contributed by atoms with E-state index in [0.717, 1.165) is 40.8 Å². The molecule has 3 aromatic rings. The van der Waals surface area contributed by atoms with Gasteiger partial charge in [0, 0.05) is 30.5 Å². The average molecular weight is 426 g/mol. The minimum atomic E-state index is -0.130. The molecule has 1 aliphatic rings. The van der Waals surface area contributed by atoms with Crippen molar-refractivity contribution in [2.24, 2.45) is 0 Å². The van der Waals surface area contributed by atoms with Crippen LogP contribution >= 0.6 is 11.3 Å².